The van der Waals surface area contributed by atoms with Gasteiger partial charge in [-0.25, -0.2) is 4.79 Å². The van der Waals surface area contributed by atoms with E-state index in [1.54, 1.807) is 0 Å². The zero-order valence-electron chi connectivity index (χ0n) is 16.6. The number of esters is 1. The first-order valence-corrected chi connectivity index (χ1v) is 9.05. The maximum Gasteiger partial charge on any atom is 0.341 e. The number of benzene rings is 2. The Hall–Kier alpha value is -4.21. The number of nitrogens with one attached hydrogen (secondary N) is 2. The number of hydrogen-bond acceptors (Lipinski definition) is 7. The Bertz CT molecular complexity index is 985. The first kappa shape index (κ1) is 23.1. The van der Waals surface area contributed by atoms with Gasteiger partial charge in [-0.15, -0.1) is 0 Å². The van der Waals surface area contributed by atoms with Crippen LogP contribution >= 0.6 is 0 Å². The van der Waals surface area contributed by atoms with Gasteiger partial charge in [-0.3, -0.25) is 19.8 Å². The molecule has 10 heteroatoms. The van der Waals surface area contributed by atoms with Crippen molar-refractivity contribution in [1.82, 2.24) is 5.32 Å². The lowest BCUT2D eigenvalue weighted by atomic mass is 10.0. The fourth-order valence-corrected chi connectivity index (χ4v) is 2.49. The van der Waals surface area contributed by atoms with Crippen LogP contribution in [0.2, 0.25) is 0 Å². The van der Waals surface area contributed by atoms with E-state index in [1.165, 1.54) is 55.5 Å². The normalized spacial score (nSPS) is 11.1. The number of rotatable bonds is 10. The molecule has 2 rings (SSSR count). The van der Waals surface area contributed by atoms with E-state index in [2.05, 4.69) is 5.32 Å². The van der Waals surface area contributed by atoms with Gasteiger partial charge in [-0.1, -0.05) is 12.1 Å². The van der Waals surface area contributed by atoms with Gasteiger partial charge in [-0.2, -0.15) is 0 Å². The minimum Gasteiger partial charge on any atom is -0.482 e. The second kappa shape index (κ2) is 10.5. The maximum absolute atomic E-state index is 12.9. The Balaban J connectivity index is 2.15. The zero-order chi connectivity index (χ0) is 23.0. The smallest absolute Gasteiger partial charge is 0.341 e. The van der Waals surface area contributed by atoms with Crippen molar-refractivity contribution in [2.75, 3.05) is 13.2 Å². The molecule has 10 nitrogen and oxygen atoms in total. The second-order valence-corrected chi connectivity index (χ2v) is 6.39. The highest BCUT2D eigenvalue weighted by Crippen LogP contribution is 2.14. The van der Waals surface area contributed by atoms with E-state index in [0.717, 1.165) is 0 Å². The Morgan fingerprint density at radius 3 is 2.06 bits per heavy atom. The van der Waals surface area contributed by atoms with Crippen LogP contribution in [0.1, 0.15) is 33.2 Å². The monoisotopic (exact) mass is 427 g/mol. The molecular formula is C21H21N3O7. The van der Waals surface area contributed by atoms with Crippen molar-refractivity contribution < 1.29 is 33.8 Å². The van der Waals surface area contributed by atoms with E-state index < -0.39 is 36.3 Å². The number of carbonyl (C=O) groups is 4. The Morgan fingerprint density at radius 2 is 1.55 bits per heavy atom. The van der Waals surface area contributed by atoms with Crippen molar-refractivity contribution >= 4 is 29.5 Å². The summed E-state index contributed by atoms with van der Waals surface area (Å²) in [4.78, 5) is 47.2. The van der Waals surface area contributed by atoms with Gasteiger partial charge in [0.05, 0.1) is 0 Å². The van der Waals surface area contributed by atoms with Crippen LogP contribution in [0.3, 0.4) is 0 Å². The molecule has 0 radical (unpaired) electrons. The number of amides is 1. The van der Waals surface area contributed by atoms with Crippen LogP contribution in [0.25, 0.3) is 0 Å². The molecule has 1 unspecified atom stereocenters. The minimum absolute atomic E-state index is 0.148. The number of aliphatic carboxylic acids is 1. The van der Waals surface area contributed by atoms with Gasteiger partial charge in [0.1, 0.15) is 24.2 Å². The Labute approximate surface area is 177 Å². The molecule has 31 heavy (non-hydrogen) atoms. The van der Waals surface area contributed by atoms with Crippen molar-refractivity contribution in [2.45, 2.75) is 13.0 Å². The summed E-state index contributed by atoms with van der Waals surface area (Å²) < 4.78 is 9.93. The fraction of sp³-hybridized carbons (Fsp3) is 0.190. The van der Waals surface area contributed by atoms with E-state index in [4.69, 9.17) is 25.7 Å². The van der Waals surface area contributed by atoms with Gasteiger partial charge in [0.15, 0.2) is 12.4 Å². The second-order valence-electron chi connectivity index (χ2n) is 6.39. The average molecular weight is 427 g/mol. The van der Waals surface area contributed by atoms with Gasteiger partial charge in [0, 0.05) is 23.6 Å². The van der Waals surface area contributed by atoms with E-state index >= 15 is 0 Å². The lowest BCUT2D eigenvalue weighted by Crippen LogP contribution is -2.44. The highest BCUT2D eigenvalue weighted by atomic mass is 16.5. The minimum atomic E-state index is -1.16. The van der Waals surface area contributed by atoms with Crippen molar-refractivity contribution in [3.8, 4) is 5.75 Å². The van der Waals surface area contributed by atoms with Gasteiger partial charge in [0.25, 0.3) is 5.91 Å². The molecule has 0 aromatic heterocycles. The molecule has 0 aliphatic rings. The Kier molecular flexibility index (Phi) is 7.84. The summed E-state index contributed by atoms with van der Waals surface area (Å²) in [6, 6.07) is 10.4. The lowest BCUT2D eigenvalue weighted by molar-refractivity contribution is -0.141. The van der Waals surface area contributed by atoms with Crippen molar-refractivity contribution in [3.63, 3.8) is 0 Å². The number of Topliss-reactive ketones (excluding diaryl/α,β-unsaturated/α-hetero) is 1. The number of hydrogen-bond donors (Lipinski definition) is 4. The number of ketones is 1. The van der Waals surface area contributed by atoms with Crippen LogP contribution in [0, 0.1) is 5.41 Å². The zero-order valence-corrected chi connectivity index (χ0v) is 16.6. The Morgan fingerprint density at radius 1 is 1.00 bits per heavy atom. The number of carboxylic acids is 1. The van der Waals surface area contributed by atoms with E-state index in [0.29, 0.717) is 5.56 Å². The molecule has 1 amide bonds. The predicted molar refractivity (Wildman–Crippen MR) is 109 cm³/mol. The van der Waals surface area contributed by atoms with Crippen molar-refractivity contribution in [2.24, 2.45) is 5.73 Å². The third-order valence-corrected chi connectivity index (χ3v) is 4.03. The number of amidine groups is 1. The predicted octanol–water partition coefficient (Wildman–Crippen LogP) is 0.978. The van der Waals surface area contributed by atoms with Crippen LogP contribution in [0.4, 0.5) is 0 Å². The molecule has 0 heterocycles. The standard InChI is InChI=1S/C21H21N3O7/c1-12(25)30-10-17(24-21(29)15-4-2-14(3-5-15)20(22)23)19(28)13-6-8-16(9-7-13)31-11-18(26)27/h2-9,17H,10-11H2,1H3,(H3,22,23)(H,24,29)(H,26,27). The van der Waals surface area contributed by atoms with Crippen LogP contribution in [-0.4, -0.2) is 53.8 Å². The summed E-state index contributed by atoms with van der Waals surface area (Å²) in [5.74, 6) is -2.74. The van der Waals surface area contributed by atoms with Gasteiger partial charge < -0.3 is 25.6 Å². The molecule has 0 fully saturated rings. The van der Waals surface area contributed by atoms with Crippen molar-refractivity contribution in [1.29, 1.82) is 5.41 Å². The van der Waals surface area contributed by atoms with Crippen LogP contribution in [0.5, 0.6) is 5.75 Å². The fourth-order valence-electron chi connectivity index (χ4n) is 2.49. The first-order valence-electron chi connectivity index (χ1n) is 9.05. The number of nitrogen functional groups attached to an aromatic ring is 1. The quantitative estimate of drug-likeness (QED) is 0.188. The summed E-state index contributed by atoms with van der Waals surface area (Å²) in [6.45, 7) is 0.280. The van der Waals surface area contributed by atoms with Crippen LogP contribution in [0.15, 0.2) is 48.5 Å². The van der Waals surface area contributed by atoms with Gasteiger partial charge in [0.2, 0.25) is 0 Å². The molecule has 0 aliphatic heterocycles. The molecule has 0 saturated heterocycles. The summed E-state index contributed by atoms with van der Waals surface area (Å²) in [5.41, 5.74) is 6.25. The number of ether oxygens (including phenoxy) is 2. The molecule has 0 aliphatic carbocycles. The summed E-state index contributed by atoms with van der Waals surface area (Å²) in [5, 5.41) is 18.5. The molecular weight excluding hydrogens is 406 g/mol. The topological polar surface area (TPSA) is 169 Å². The van der Waals surface area contributed by atoms with Crippen LogP contribution < -0.4 is 15.8 Å². The molecule has 5 N–H and O–H groups in total. The molecule has 0 spiro atoms. The molecule has 0 saturated carbocycles. The lowest BCUT2D eigenvalue weighted by Gasteiger charge is -2.18. The third kappa shape index (κ3) is 6.96. The average Bonchev–Trinajstić information content (AvgIpc) is 2.74. The number of nitrogens with two attached hydrogens (primary N) is 1. The molecule has 2 aromatic carbocycles. The van der Waals surface area contributed by atoms with Gasteiger partial charge >= 0.3 is 11.9 Å². The molecule has 1 atom stereocenters. The van der Waals surface area contributed by atoms with E-state index in [-0.39, 0.29) is 29.3 Å². The largest absolute Gasteiger partial charge is 0.482 e. The maximum atomic E-state index is 12.9. The number of carboxylic acid groups (broad SMARTS) is 1. The molecule has 162 valence electrons. The molecule has 0 bridgehead atoms. The summed E-state index contributed by atoms with van der Waals surface area (Å²) in [7, 11) is 0. The highest BCUT2D eigenvalue weighted by molar-refractivity contribution is 6.05. The summed E-state index contributed by atoms with van der Waals surface area (Å²) >= 11 is 0. The van der Waals surface area contributed by atoms with Crippen molar-refractivity contribution in [3.05, 3.63) is 65.2 Å². The molecule has 2 aromatic rings. The highest BCUT2D eigenvalue weighted by Gasteiger charge is 2.24. The first-order chi connectivity index (χ1) is 14.7. The van der Waals surface area contributed by atoms with E-state index in [1.807, 2.05) is 0 Å². The number of carbonyl (C=O) groups excluding carboxylic acids is 3. The van der Waals surface area contributed by atoms with Crippen LogP contribution in [-0.2, 0) is 14.3 Å². The third-order valence-electron chi connectivity index (χ3n) is 4.03. The SMILES string of the molecule is CC(=O)OCC(NC(=O)c1ccc(C(=N)N)cc1)C(=O)c1ccc(OCC(=O)O)cc1. The van der Waals surface area contributed by atoms with Gasteiger partial charge in [-0.05, 0) is 36.4 Å². The summed E-state index contributed by atoms with van der Waals surface area (Å²) in [6.07, 6.45) is 0. The van der Waals surface area contributed by atoms with E-state index in [9.17, 15) is 19.2 Å².